The first-order valence-electron chi connectivity index (χ1n) is 15.3. The molecule has 244 valence electrons. The molecule has 3 aromatic rings. The molecule has 13 heteroatoms. The van der Waals surface area contributed by atoms with Crippen LogP contribution in [0.5, 0.6) is 0 Å². The molecule has 1 saturated heterocycles. The number of aliphatic hydroxyl groups excluding tert-OH is 1. The zero-order valence-corrected chi connectivity index (χ0v) is 27.0. The second-order valence-corrected chi connectivity index (χ2v) is 12.8. The van der Waals surface area contributed by atoms with Crippen molar-refractivity contribution in [2.75, 3.05) is 25.0 Å². The van der Waals surface area contributed by atoms with Crippen molar-refractivity contribution in [2.45, 2.75) is 77.7 Å². The van der Waals surface area contributed by atoms with Gasteiger partial charge in [0.15, 0.2) is 11.6 Å². The molecule has 0 spiro atoms. The standard InChI is InChI=1S/C32H45N7O6/c1-19(2)28(26-17-27(37-45-26)33-14-15-34-31(43)44-32(4,5)6)30(42)39-18-23(40)16-25(39)29(41)36-20(3)21-8-10-22(11-9-21)24-12-13-35-38(24)7/h8-13,17,19-20,23,25,28,40H,14-16,18H2,1-7H3,(H,33,37)(H,34,43)(H,36,41)/t20-,23+,25-,28?/m0/s1. The van der Waals surface area contributed by atoms with E-state index in [4.69, 9.17) is 9.26 Å². The number of ether oxygens (including phenoxy) is 1. The Labute approximate surface area is 263 Å². The summed E-state index contributed by atoms with van der Waals surface area (Å²) in [6, 6.07) is 10.3. The normalized spacial score (nSPS) is 18.0. The van der Waals surface area contributed by atoms with Crippen LogP contribution in [0.4, 0.5) is 10.6 Å². The van der Waals surface area contributed by atoms with Crippen LogP contribution in [0.2, 0.25) is 0 Å². The number of likely N-dealkylation sites (tertiary alicyclic amines) is 1. The van der Waals surface area contributed by atoms with Gasteiger partial charge in [0.1, 0.15) is 17.6 Å². The fourth-order valence-electron chi connectivity index (χ4n) is 5.40. The summed E-state index contributed by atoms with van der Waals surface area (Å²) in [4.78, 5) is 40.7. The van der Waals surface area contributed by atoms with Crippen LogP contribution in [0.15, 0.2) is 47.1 Å². The number of nitrogens with zero attached hydrogens (tertiary/aromatic N) is 4. The molecular formula is C32H45N7O6. The molecule has 3 heterocycles. The van der Waals surface area contributed by atoms with Gasteiger partial charge in [-0.3, -0.25) is 14.3 Å². The highest BCUT2D eigenvalue weighted by atomic mass is 16.6. The molecule has 1 aliphatic rings. The highest BCUT2D eigenvalue weighted by molar-refractivity contribution is 5.91. The number of alkyl carbamates (subject to hydrolysis) is 1. The summed E-state index contributed by atoms with van der Waals surface area (Å²) >= 11 is 0. The van der Waals surface area contributed by atoms with Gasteiger partial charge in [0.05, 0.1) is 17.8 Å². The largest absolute Gasteiger partial charge is 0.444 e. The molecule has 1 unspecified atom stereocenters. The number of β-amino-alcohol motifs (C(OH)–C–C–N with tert-alkyl or cyclic N) is 1. The Hall–Kier alpha value is -4.39. The second kappa shape index (κ2) is 14.1. The molecule has 4 atom stereocenters. The van der Waals surface area contributed by atoms with Crippen LogP contribution in [0.3, 0.4) is 0 Å². The molecule has 13 nitrogen and oxygen atoms in total. The van der Waals surface area contributed by atoms with Crippen LogP contribution in [0.25, 0.3) is 11.3 Å². The number of carbonyl (C=O) groups excluding carboxylic acids is 3. The molecule has 4 N–H and O–H groups in total. The predicted molar refractivity (Wildman–Crippen MR) is 168 cm³/mol. The van der Waals surface area contributed by atoms with Gasteiger partial charge in [-0.1, -0.05) is 43.3 Å². The molecular weight excluding hydrogens is 578 g/mol. The van der Waals surface area contributed by atoms with E-state index in [-0.39, 0.29) is 36.7 Å². The zero-order valence-electron chi connectivity index (χ0n) is 27.0. The lowest BCUT2D eigenvalue weighted by Crippen LogP contribution is -2.48. The molecule has 1 fully saturated rings. The molecule has 0 aliphatic carbocycles. The number of carbonyl (C=O) groups is 3. The molecule has 4 rings (SSSR count). The number of aromatic nitrogens is 3. The van der Waals surface area contributed by atoms with Gasteiger partial charge in [-0.05, 0) is 50.8 Å². The van der Waals surface area contributed by atoms with E-state index in [9.17, 15) is 19.5 Å². The van der Waals surface area contributed by atoms with E-state index in [2.05, 4.69) is 26.2 Å². The number of amides is 3. The van der Waals surface area contributed by atoms with Crippen molar-refractivity contribution in [1.29, 1.82) is 0 Å². The van der Waals surface area contributed by atoms with Gasteiger partial charge in [0.2, 0.25) is 11.8 Å². The summed E-state index contributed by atoms with van der Waals surface area (Å²) in [5.41, 5.74) is 2.31. The first-order chi connectivity index (χ1) is 21.2. The van der Waals surface area contributed by atoms with Crippen molar-refractivity contribution in [2.24, 2.45) is 13.0 Å². The summed E-state index contributed by atoms with van der Waals surface area (Å²) < 4.78 is 12.6. The van der Waals surface area contributed by atoms with Gasteiger partial charge in [0.25, 0.3) is 0 Å². The summed E-state index contributed by atoms with van der Waals surface area (Å²) in [5, 5.41) is 27.5. The number of hydrogen-bond acceptors (Lipinski definition) is 9. The van der Waals surface area contributed by atoms with Gasteiger partial charge >= 0.3 is 6.09 Å². The predicted octanol–water partition coefficient (Wildman–Crippen LogP) is 3.59. The van der Waals surface area contributed by atoms with Crippen LogP contribution in [-0.2, 0) is 21.4 Å². The maximum absolute atomic E-state index is 13.9. The van der Waals surface area contributed by atoms with E-state index in [1.54, 1.807) is 37.7 Å². The summed E-state index contributed by atoms with van der Waals surface area (Å²) in [7, 11) is 1.88. The number of anilines is 1. The first-order valence-corrected chi connectivity index (χ1v) is 15.3. The third-order valence-electron chi connectivity index (χ3n) is 7.62. The Bertz CT molecular complexity index is 1460. The quantitative estimate of drug-likeness (QED) is 0.234. The molecule has 0 saturated carbocycles. The van der Waals surface area contributed by atoms with E-state index >= 15 is 0 Å². The lowest BCUT2D eigenvalue weighted by atomic mass is 9.91. The van der Waals surface area contributed by atoms with Crippen LogP contribution in [0, 0.1) is 5.92 Å². The molecule has 2 aromatic heterocycles. The lowest BCUT2D eigenvalue weighted by molar-refractivity contribution is -0.141. The van der Waals surface area contributed by atoms with Gasteiger partial charge in [-0.25, -0.2) is 4.79 Å². The van der Waals surface area contributed by atoms with Crippen LogP contribution < -0.4 is 16.0 Å². The number of nitrogens with one attached hydrogen (secondary N) is 3. The van der Waals surface area contributed by atoms with Crippen LogP contribution in [0.1, 0.15) is 71.2 Å². The van der Waals surface area contributed by atoms with Gasteiger partial charge in [-0.2, -0.15) is 5.10 Å². The monoisotopic (exact) mass is 623 g/mol. The summed E-state index contributed by atoms with van der Waals surface area (Å²) in [6.07, 6.45) is 0.541. The van der Waals surface area contributed by atoms with Crippen molar-refractivity contribution in [3.63, 3.8) is 0 Å². The molecule has 1 aromatic carbocycles. The van der Waals surface area contributed by atoms with Crippen molar-refractivity contribution >= 4 is 23.7 Å². The van der Waals surface area contributed by atoms with E-state index in [0.717, 1.165) is 16.8 Å². The van der Waals surface area contributed by atoms with Crippen LogP contribution in [-0.4, -0.2) is 80.2 Å². The number of hydrogen-bond donors (Lipinski definition) is 4. The van der Waals surface area contributed by atoms with Crippen molar-refractivity contribution in [3.05, 3.63) is 53.9 Å². The third-order valence-corrected chi connectivity index (χ3v) is 7.62. The highest BCUT2D eigenvalue weighted by Crippen LogP contribution is 2.32. The van der Waals surface area contributed by atoms with E-state index in [1.165, 1.54) is 4.90 Å². The Morgan fingerprint density at radius 1 is 1.11 bits per heavy atom. The number of benzene rings is 1. The fraction of sp³-hybridized carbons (Fsp3) is 0.531. The Morgan fingerprint density at radius 3 is 2.44 bits per heavy atom. The minimum atomic E-state index is -0.829. The smallest absolute Gasteiger partial charge is 0.407 e. The van der Waals surface area contributed by atoms with Gasteiger partial charge in [0, 0.05) is 45.4 Å². The van der Waals surface area contributed by atoms with E-state index in [1.807, 2.05) is 58.2 Å². The molecule has 3 amide bonds. The summed E-state index contributed by atoms with van der Waals surface area (Å²) in [6.45, 7) is 11.7. The highest BCUT2D eigenvalue weighted by Gasteiger charge is 2.43. The maximum atomic E-state index is 13.9. The van der Waals surface area contributed by atoms with Crippen molar-refractivity contribution < 1.29 is 28.8 Å². The first kappa shape index (κ1) is 33.5. The average Bonchev–Trinajstić information content (AvgIpc) is 3.70. The number of aliphatic hydroxyl groups is 1. The van der Waals surface area contributed by atoms with Crippen LogP contribution >= 0.6 is 0 Å². The Kier molecular flexibility index (Phi) is 10.5. The number of aryl methyl sites for hydroxylation is 1. The number of rotatable bonds is 11. The minimum Gasteiger partial charge on any atom is -0.444 e. The second-order valence-electron chi connectivity index (χ2n) is 12.8. The SMILES string of the molecule is CC(C)C(C(=O)N1C[C@H](O)C[C@H]1C(=O)N[C@@H](C)c1ccc(-c2ccnn2C)cc1)c1cc(NCCNC(=O)OC(C)(C)C)no1. The van der Waals surface area contributed by atoms with Crippen molar-refractivity contribution in [3.8, 4) is 11.3 Å². The molecule has 0 radical (unpaired) electrons. The zero-order chi connectivity index (χ0) is 32.9. The van der Waals surface area contributed by atoms with E-state index in [0.29, 0.717) is 24.7 Å². The molecule has 45 heavy (non-hydrogen) atoms. The topological polar surface area (TPSA) is 164 Å². The average molecular weight is 624 g/mol. The van der Waals surface area contributed by atoms with Gasteiger partial charge < -0.3 is 35.2 Å². The lowest BCUT2D eigenvalue weighted by Gasteiger charge is -2.29. The Balaban J connectivity index is 1.37. The summed E-state index contributed by atoms with van der Waals surface area (Å²) in [5.74, 6) is -0.781. The molecule has 1 aliphatic heterocycles. The van der Waals surface area contributed by atoms with Gasteiger partial charge in [-0.15, -0.1) is 0 Å². The molecule has 0 bridgehead atoms. The third kappa shape index (κ3) is 8.62. The van der Waals surface area contributed by atoms with E-state index < -0.39 is 29.8 Å². The van der Waals surface area contributed by atoms with Crippen molar-refractivity contribution in [1.82, 2.24) is 30.5 Å². The fourth-order valence-corrected chi connectivity index (χ4v) is 5.40. The minimum absolute atomic E-state index is 0.0451. The maximum Gasteiger partial charge on any atom is 0.407 e. The Morgan fingerprint density at radius 2 is 1.82 bits per heavy atom.